The molecule has 2 rings (SSSR count). The molecule has 144 valence electrons. The van der Waals surface area contributed by atoms with E-state index in [1.54, 1.807) is 31.2 Å². The topological polar surface area (TPSA) is 98.8 Å². The van der Waals surface area contributed by atoms with Gasteiger partial charge in [0.2, 0.25) is 0 Å². The van der Waals surface area contributed by atoms with Crippen molar-refractivity contribution in [2.45, 2.75) is 24.8 Å². The van der Waals surface area contributed by atoms with Gasteiger partial charge in [-0.15, -0.1) is 0 Å². The van der Waals surface area contributed by atoms with E-state index in [1.807, 2.05) is 0 Å². The molecule has 1 N–H and O–H groups in total. The summed E-state index contributed by atoms with van der Waals surface area (Å²) < 4.78 is 33.7. The van der Waals surface area contributed by atoms with Gasteiger partial charge in [-0.25, -0.2) is 13.2 Å². The standard InChI is InChI=1S/C19H21NO6S/c1-12-9-10-14(27(4,23)24)11-15(12)19(22)26-13(2)18(21)20-16-7-5-6-8-17(16)25-3/h5-11,13H,1-4H3,(H,20,21)/t13-/m0/s1. The number of carbonyl (C=O) groups excluding carboxylic acids is 2. The van der Waals surface area contributed by atoms with Crippen LogP contribution in [0.15, 0.2) is 47.4 Å². The number of anilines is 1. The highest BCUT2D eigenvalue weighted by atomic mass is 32.2. The van der Waals surface area contributed by atoms with Gasteiger partial charge in [-0.2, -0.15) is 0 Å². The van der Waals surface area contributed by atoms with Crippen LogP contribution in [-0.2, 0) is 19.4 Å². The second kappa shape index (κ2) is 8.22. The third kappa shape index (κ3) is 5.07. The number of amides is 1. The number of benzene rings is 2. The van der Waals surface area contributed by atoms with Gasteiger partial charge >= 0.3 is 5.97 Å². The van der Waals surface area contributed by atoms with Crippen LogP contribution >= 0.6 is 0 Å². The average molecular weight is 391 g/mol. The summed E-state index contributed by atoms with van der Waals surface area (Å²) >= 11 is 0. The molecule has 0 aliphatic carbocycles. The van der Waals surface area contributed by atoms with Crippen LogP contribution in [-0.4, -0.2) is 39.8 Å². The molecule has 0 radical (unpaired) electrons. The molecule has 27 heavy (non-hydrogen) atoms. The zero-order valence-electron chi connectivity index (χ0n) is 15.5. The Morgan fingerprint density at radius 2 is 1.78 bits per heavy atom. The van der Waals surface area contributed by atoms with Crippen LogP contribution in [0.3, 0.4) is 0 Å². The molecule has 0 aliphatic rings. The van der Waals surface area contributed by atoms with Gasteiger partial charge in [-0.05, 0) is 43.7 Å². The lowest BCUT2D eigenvalue weighted by molar-refractivity contribution is -0.123. The van der Waals surface area contributed by atoms with Crippen LogP contribution in [0.2, 0.25) is 0 Å². The molecule has 0 aliphatic heterocycles. The molecule has 0 heterocycles. The fourth-order valence-electron chi connectivity index (χ4n) is 2.31. The normalized spacial score (nSPS) is 12.1. The van der Waals surface area contributed by atoms with Crippen molar-refractivity contribution >= 4 is 27.4 Å². The Morgan fingerprint density at radius 3 is 2.41 bits per heavy atom. The first-order valence-corrected chi connectivity index (χ1v) is 9.98. The molecule has 1 amide bonds. The minimum atomic E-state index is -3.47. The number of hydrogen-bond acceptors (Lipinski definition) is 6. The average Bonchev–Trinajstić information content (AvgIpc) is 2.61. The third-order valence-electron chi connectivity index (χ3n) is 3.87. The summed E-state index contributed by atoms with van der Waals surface area (Å²) in [6, 6.07) is 11.0. The highest BCUT2D eigenvalue weighted by Gasteiger charge is 2.22. The van der Waals surface area contributed by atoms with Gasteiger partial charge in [0.25, 0.3) is 5.91 Å². The molecule has 0 saturated carbocycles. The third-order valence-corrected chi connectivity index (χ3v) is 4.99. The van der Waals surface area contributed by atoms with E-state index in [2.05, 4.69) is 5.32 Å². The zero-order valence-corrected chi connectivity index (χ0v) is 16.3. The number of carbonyl (C=O) groups is 2. The Morgan fingerprint density at radius 1 is 1.11 bits per heavy atom. The molecule has 2 aromatic rings. The van der Waals surface area contributed by atoms with E-state index in [1.165, 1.54) is 32.2 Å². The fourth-order valence-corrected chi connectivity index (χ4v) is 2.96. The van der Waals surface area contributed by atoms with Crippen LogP contribution in [0.25, 0.3) is 0 Å². The summed E-state index contributed by atoms with van der Waals surface area (Å²) in [5, 5.41) is 2.63. The molecule has 8 heteroatoms. The van der Waals surface area contributed by atoms with Gasteiger partial charge in [0.1, 0.15) is 5.75 Å². The van der Waals surface area contributed by atoms with Crippen LogP contribution < -0.4 is 10.1 Å². The molecule has 0 unspecified atom stereocenters. The molecule has 2 aromatic carbocycles. The van der Waals surface area contributed by atoms with E-state index < -0.39 is 27.8 Å². The van der Waals surface area contributed by atoms with E-state index in [-0.39, 0.29) is 10.5 Å². The summed E-state index contributed by atoms with van der Waals surface area (Å²) in [6.45, 7) is 3.08. The highest BCUT2D eigenvalue weighted by Crippen LogP contribution is 2.23. The van der Waals surface area contributed by atoms with Gasteiger partial charge in [0, 0.05) is 6.26 Å². The largest absolute Gasteiger partial charge is 0.495 e. The van der Waals surface area contributed by atoms with Crippen molar-refractivity contribution in [3.8, 4) is 5.75 Å². The fraction of sp³-hybridized carbons (Fsp3) is 0.263. The lowest BCUT2D eigenvalue weighted by Crippen LogP contribution is -2.30. The molecule has 0 aromatic heterocycles. The number of nitrogens with one attached hydrogen (secondary N) is 1. The number of para-hydroxylation sites is 2. The van der Waals surface area contributed by atoms with Gasteiger partial charge in [0.15, 0.2) is 15.9 Å². The molecule has 7 nitrogen and oxygen atoms in total. The van der Waals surface area contributed by atoms with Crippen molar-refractivity contribution in [2.24, 2.45) is 0 Å². The molecule has 0 saturated heterocycles. The number of ether oxygens (including phenoxy) is 2. The second-order valence-electron chi connectivity index (χ2n) is 5.99. The first kappa shape index (κ1) is 20.4. The van der Waals surface area contributed by atoms with Crippen molar-refractivity contribution in [2.75, 3.05) is 18.7 Å². The number of sulfone groups is 1. The number of aryl methyl sites for hydroxylation is 1. The SMILES string of the molecule is COc1ccccc1NC(=O)[C@H](C)OC(=O)c1cc(S(C)(=O)=O)ccc1C. The minimum absolute atomic E-state index is 0.00572. The van der Waals surface area contributed by atoms with Crippen molar-refractivity contribution in [3.05, 3.63) is 53.6 Å². The van der Waals surface area contributed by atoms with Gasteiger partial charge in [-0.3, -0.25) is 4.79 Å². The molecular weight excluding hydrogens is 370 g/mol. The maximum absolute atomic E-state index is 12.4. The van der Waals surface area contributed by atoms with E-state index >= 15 is 0 Å². The van der Waals surface area contributed by atoms with Crippen LogP contribution in [0.1, 0.15) is 22.8 Å². The minimum Gasteiger partial charge on any atom is -0.495 e. The Kier molecular flexibility index (Phi) is 6.22. The maximum Gasteiger partial charge on any atom is 0.339 e. The predicted octanol–water partition coefficient (Wildman–Crippen LogP) is 2.59. The number of esters is 1. The van der Waals surface area contributed by atoms with E-state index in [4.69, 9.17) is 9.47 Å². The summed E-state index contributed by atoms with van der Waals surface area (Å²) in [5.74, 6) is -0.841. The smallest absolute Gasteiger partial charge is 0.339 e. The molecular formula is C19H21NO6S. The number of rotatable bonds is 6. The Bertz CT molecular complexity index is 968. The monoisotopic (exact) mass is 391 g/mol. The van der Waals surface area contributed by atoms with Crippen LogP contribution in [0, 0.1) is 6.92 Å². The first-order chi connectivity index (χ1) is 12.6. The van der Waals surface area contributed by atoms with Gasteiger partial charge < -0.3 is 14.8 Å². The summed E-state index contributed by atoms with van der Waals surface area (Å²) in [7, 11) is -1.99. The maximum atomic E-state index is 12.4. The van der Waals surface area contributed by atoms with Crippen LogP contribution in [0.4, 0.5) is 5.69 Å². The predicted molar refractivity (Wildman–Crippen MR) is 101 cm³/mol. The summed E-state index contributed by atoms with van der Waals surface area (Å²) in [5.41, 5.74) is 1.09. The van der Waals surface area contributed by atoms with Gasteiger partial charge in [0.05, 0.1) is 23.3 Å². The Hall–Kier alpha value is -2.87. The van der Waals surface area contributed by atoms with E-state index in [9.17, 15) is 18.0 Å². The lowest BCUT2D eigenvalue weighted by atomic mass is 10.1. The summed E-state index contributed by atoms with van der Waals surface area (Å²) in [4.78, 5) is 24.7. The van der Waals surface area contributed by atoms with Crippen LogP contribution in [0.5, 0.6) is 5.75 Å². The zero-order chi connectivity index (χ0) is 20.2. The lowest BCUT2D eigenvalue weighted by Gasteiger charge is -2.16. The van der Waals surface area contributed by atoms with Crippen molar-refractivity contribution in [3.63, 3.8) is 0 Å². The first-order valence-electron chi connectivity index (χ1n) is 8.09. The number of methoxy groups -OCH3 is 1. The van der Waals surface area contributed by atoms with E-state index in [0.29, 0.717) is 17.0 Å². The van der Waals surface area contributed by atoms with Crippen molar-refractivity contribution in [1.29, 1.82) is 0 Å². The quantitative estimate of drug-likeness (QED) is 0.760. The highest BCUT2D eigenvalue weighted by molar-refractivity contribution is 7.90. The van der Waals surface area contributed by atoms with Crippen molar-refractivity contribution in [1.82, 2.24) is 0 Å². The van der Waals surface area contributed by atoms with E-state index in [0.717, 1.165) is 6.26 Å². The molecule has 0 bridgehead atoms. The van der Waals surface area contributed by atoms with Crippen molar-refractivity contribution < 1.29 is 27.5 Å². The van der Waals surface area contributed by atoms with Gasteiger partial charge in [-0.1, -0.05) is 18.2 Å². The number of hydrogen-bond donors (Lipinski definition) is 1. The Balaban J connectivity index is 2.14. The molecule has 0 spiro atoms. The summed E-state index contributed by atoms with van der Waals surface area (Å²) in [6.07, 6.45) is -0.0421. The second-order valence-corrected chi connectivity index (χ2v) is 8.00. The Labute approximate surface area is 158 Å². The molecule has 1 atom stereocenters. The molecule has 0 fully saturated rings.